The summed E-state index contributed by atoms with van der Waals surface area (Å²) < 4.78 is 2.04. The lowest BCUT2D eigenvalue weighted by Crippen LogP contribution is -2.39. The monoisotopic (exact) mass is 418 g/mol. The van der Waals surface area contributed by atoms with Gasteiger partial charge in [-0.2, -0.15) is 0 Å². The zero-order chi connectivity index (χ0) is 20.9. The third kappa shape index (κ3) is 4.37. The van der Waals surface area contributed by atoms with Gasteiger partial charge in [-0.05, 0) is 29.8 Å². The number of aliphatic hydroxyl groups is 1. The number of aliphatic hydroxyl groups excluding tert-OH is 1. The highest BCUT2D eigenvalue weighted by Gasteiger charge is 2.23. The first-order chi connectivity index (χ1) is 14.6. The van der Waals surface area contributed by atoms with E-state index in [0.29, 0.717) is 12.1 Å². The van der Waals surface area contributed by atoms with Crippen molar-refractivity contribution in [1.29, 1.82) is 0 Å². The van der Waals surface area contributed by atoms with Gasteiger partial charge in [-0.3, -0.25) is 10.1 Å². The fourth-order valence-electron chi connectivity index (χ4n) is 3.20. The summed E-state index contributed by atoms with van der Waals surface area (Å²) >= 11 is 1.56. The molecule has 0 spiro atoms. The summed E-state index contributed by atoms with van der Waals surface area (Å²) in [6.07, 6.45) is -0.816. The minimum absolute atomic E-state index is 0.00513. The van der Waals surface area contributed by atoms with Crippen LogP contribution in [0.25, 0.3) is 11.3 Å². The predicted octanol–water partition coefficient (Wildman–Crippen LogP) is 5.09. The van der Waals surface area contributed by atoms with Crippen molar-refractivity contribution in [3.63, 3.8) is 0 Å². The van der Waals surface area contributed by atoms with Gasteiger partial charge in [0.05, 0.1) is 4.92 Å². The minimum atomic E-state index is -0.816. The predicted molar refractivity (Wildman–Crippen MR) is 118 cm³/mol. The number of nitro benzene ring substituents is 1. The van der Waals surface area contributed by atoms with Crippen molar-refractivity contribution < 1.29 is 14.6 Å². The van der Waals surface area contributed by atoms with Crippen LogP contribution in [0.15, 0.2) is 90.3 Å². The molecule has 0 bridgehead atoms. The Bertz CT molecular complexity index is 1130. The number of nitrogens with one attached hydrogen (secondary N) is 1. The summed E-state index contributed by atoms with van der Waals surface area (Å²) in [6, 6.07) is 25.9. The lowest BCUT2D eigenvalue weighted by molar-refractivity contribution is -0.676. The minimum Gasteiger partial charge on any atom is -0.384 e. The highest BCUT2D eigenvalue weighted by atomic mass is 32.1. The number of hydrogen-bond acceptors (Lipinski definition) is 5. The van der Waals surface area contributed by atoms with Crippen LogP contribution in [0.2, 0.25) is 0 Å². The van der Waals surface area contributed by atoms with Crippen molar-refractivity contribution in [3.05, 3.63) is 106 Å². The molecule has 0 aliphatic carbocycles. The molecule has 3 aromatic carbocycles. The summed E-state index contributed by atoms with van der Waals surface area (Å²) in [7, 11) is 0. The molecular weight excluding hydrogens is 398 g/mol. The standard InChI is InChI=1S/C23H19N3O3S/c27-22(18-11-13-20(14-12-18)26(28)29)15-25-21(17-7-3-1-4-8-17)16-30-23(25)24-19-9-5-2-6-10-19/h1-14,16,22,27H,15H2/p+1/t22-/m0/s1. The molecule has 2 N–H and O–H groups in total. The number of benzene rings is 3. The Morgan fingerprint density at radius 1 is 0.967 bits per heavy atom. The van der Waals surface area contributed by atoms with E-state index in [1.165, 1.54) is 12.1 Å². The summed E-state index contributed by atoms with van der Waals surface area (Å²) in [6.45, 7) is 0.306. The van der Waals surface area contributed by atoms with Gasteiger partial charge in [-0.1, -0.05) is 59.9 Å². The summed E-state index contributed by atoms with van der Waals surface area (Å²) in [4.78, 5) is 10.4. The van der Waals surface area contributed by atoms with Gasteiger partial charge in [0.2, 0.25) is 0 Å². The first kappa shape index (κ1) is 19.8. The van der Waals surface area contributed by atoms with Crippen molar-refractivity contribution in [2.45, 2.75) is 12.6 Å². The Balaban J connectivity index is 1.67. The summed E-state index contributed by atoms with van der Waals surface area (Å²) in [5, 5.41) is 28.1. The molecule has 7 heteroatoms. The number of non-ortho nitro benzene ring substituents is 1. The molecule has 0 aliphatic rings. The van der Waals surface area contributed by atoms with Gasteiger partial charge in [0.15, 0.2) is 0 Å². The fraction of sp³-hybridized carbons (Fsp3) is 0.0870. The van der Waals surface area contributed by atoms with E-state index in [9.17, 15) is 15.2 Å². The molecule has 0 aliphatic heterocycles. The van der Waals surface area contributed by atoms with Crippen LogP contribution in [0.4, 0.5) is 16.5 Å². The second-order valence-corrected chi connectivity index (χ2v) is 7.62. The van der Waals surface area contributed by atoms with E-state index in [1.54, 1.807) is 23.5 Å². The molecule has 0 radical (unpaired) electrons. The zero-order valence-electron chi connectivity index (χ0n) is 16.0. The highest BCUT2D eigenvalue weighted by Crippen LogP contribution is 2.27. The average molecular weight is 418 g/mol. The topological polar surface area (TPSA) is 79.3 Å². The second kappa shape index (κ2) is 8.86. The van der Waals surface area contributed by atoms with Crippen LogP contribution in [0.5, 0.6) is 0 Å². The van der Waals surface area contributed by atoms with Gasteiger partial charge in [0.25, 0.3) is 5.69 Å². The smallest absolute Gasteiger partial charge is 0.339 e. The third-order valence-electron chi connectivity index (χ3n) is 4.76. The Hall–Kier alpha value is -3.55. The number of aromatic nitrogens is 1. The molecule has 1 aromatic heterocycles. The molecule has 0 unspecified atom stereocenters. The average Bonchev–Trinajstić information content (AvgIpc) is 3.17. The normalized spacial score (nSPS) is 11.8. The lowest BCUT2D eigenvalue weighted by atomic mass is 10.1. The number of hydrogen-bond donors (Lipinski definition) is 2. The molecule has 4 rings (SSSR count). The number of nitro groups is 1. The first-order valence-electron chi connectivity index (χ1n) is 9.43. The maximum atomic E-state index is 10.9. The second-order valence-electron chi connectivity index (χ2n) is 6.76. The first-order valence-corrected chi connectivity index (χ1v) is 10.3. The molecule has 0 amide bonds. The van der Waals surface area contributed by atoms with E-state index in [4.69, 9.17) is 0 Å². The summed E-state index contributed by atoms with van der Waals surface area (Å²) in [5.41, 5.74) is 3.62. The Labute approximate surface area is 177 Å². The largest absolute Gasteiger partial charge is 0.384 e. The van der Waals surface area contributed by atoms with E-state index in [2.05, 4.69) is 10.7 Å². The molecule has 30 heavy (non-hydrogen) atoms. The highest BCUT2D eigenvalue weighted by molar-refractivity contribution is 7.13. The van der Waals surface area contributed by atoms with Crippen LogP contribution in [-0.4, -0.2) is 10.0 Å². The molecule has 6 nitrogen and oxygen atoms in total. The van der Waals surface area contributed by atoms with Gasteiger partial charge in [-0.25, -0.2) is 9.88 Å². The van der Waals surface area contributed by atoms with Crippen LogP contribution in [0, 0.1) is 10.1 Å². The number of thiazole rings is 1. The Morgan fingerprint density at radius 3 is 2.23 bits per heavy atom. The van der Waals surface area contributed by atoms with Crippen LogP contribution >= 0.6 is 11.3 Å². The van der Waals surface area contributed by atoms with E-state index < -0.39 is 11.0 Å². The van der Waals surface area contributed by atoms with Crippen molar-refractivity contribution in [2.75, 3.05) is 5.32 Å². The van der Waals surface area contributed by atoms with Gasteiger partial charge in [-0.15, -0.1) is 0 Å². The molecule has 1 heterocycles. The van der Waals surface area contributed by atoms with Crippen LogP contribution in [-0.2, 0) is 6.54 Å². The number of rotatable bonds is 7. The van der Waals surface area contributed by atoms with E-state index in [1.807, 2.05) is 65.2 Å². The van der Waals surface area contributed by atoms with E-state index in [0.717, 1.165) is 22.1 Å². The quantitative estimate of drug-likeness (QED) is 0.249. The number of nitrogens with zero attached hydrogens (tertiary/aromatic N) is 2. The van der Waals surface area contributed by atoms with Crippen molar-refractivity contribution >= 4 is 27.8 Å². The van der Waals surface area contributed by atoms with Crippen molar-refractivity contribution in [3.8, 4) is 11.3 Å². The van der Waals surface area contributed by atoms with E-state index >= 15 is 0 Å². The molecule has 0 saturated heterocycles. The maximum Gasteiger partial charge on any atom is 0.339 e. The van der Waals surface area contributed by atoms with Crippen LogP contribution in [0.1, 0.15) is 11.7 Å². The van der Waals surface area contributed by atoms with E-state index in [-0.39, 0.29) is 5.69 Å². The fourth-order valence-corrected chi connectivity index (χ4v) is 4.16. The van der Waals surface area contributed by atoms with Crippen LogP contribution < -0.4 is 9.88 Å². The summed E-state index contributed by atoms with van der Waals surface area (Å²) in [5.74, 6) is 0. The van der Waals surface area contributed by atoms with Gasteiger partial charge >= 0.3 is 5.13 Å². The van der Waals surface area contributed by atoms with Gasteiger partial charge < -0.3 is 5.11 Å². The molecule has 4 aromatic rings. The molecule has 0 fully saturated rings. The molecule has 150 valence electrons. The van der Waals surface area contributed by atoms with Crippen molar-refractivity contribution in [1.82, 2.24) is 0 Å². The lowest BCUT2D eigenvalue weighted by Gasteiger charge is -2.12. The zero-order valence-corrected chi connectivity index (χ0v) is 16.8. The van der Waals surface area contributed by atoms with Crippen molar-refractivity contribution in [2.24, 2.45) is 0 Å². The molecule has 0 saturated carbocycles. The third-order valence-corrected chi connectivity index (χ3v) is 5.64. The van der Waals surface area contributed by atoms with Crippen LogP contribution in [0.3, 0.4) is 0 Å². The van der Waals surface area contributed by atoms with Gasteiger partial charge in [0.1, 0.15) is 24.0 Å². The van der Waals surface area contributed by atoms with Gasteiger partial charge in [0, 0.05) is 23.1 Å². The SMILES string of the molecule is O=[N+]([O-])c1ccc([C@@H](O)C[n+]2c(-c3ccccc3)csc2Nc2ccccc2)cc1. The molecular formula is C23H20N3O3S+. The molecule has 1 atom stereocenters. The maximum absolute atomic E-state index is 10.9. The Kier molecular flexibility index (Phi) is 5.83. The number of anilines is 2. The Morgan fingerprint density at radius 2 is 1.60 bits per heavy atom. The number of para-hydroxylation sites is 1.